The van der Waals surface area contributed by atoms with Crippen LogP contribution in [0.5, 0.6) is 11.5 Å². The second-order valence-electron chi connectivity index (χ2n) is 6.11. The van der Waals surface area contributed by atoms with Crippen LogP contribution in [0.1, 0.15) is 42.9 Å². The molecule has 2 aromatic rings. The number of rotatable bonds is 6. The van der Waals surface area contributed by atoms with Gasteiger partial charge in [-0.3, -0.25) is 0 Å². The van der Waals surface area contributed by atoms with E-state index >= 15 is 0 Å². The monoisotopic (exact) mass is 311 g/mol. The number of para-hydroxylation sites is 1. The summed E-state index contributed by atoms with van der Waals surface area (Å²) >= 11 is 0. The highest BCUT2D eigenvalue weighted by Crippen LogP contribution is 2.35. The maximum atomic E-state index is 5.74. The molecule has 3 nitrogen and oxygen atoms in total. The van der Waals surface area contributed by atoms with Crippen molar-refractivity contribution in [2.75, 3.05) is 20.3 Å². The van der Waals surface area contributed by atoms with Crippen LogP contribution in [0.4, 0.5) is 0 Å². The summed E-state index contributed by atoms with van der Waals surface area (Å²) in [4.78, 5) is 0. The zero-order chi connectivity index (χ0) is 16.1. The Morgan fingerprint density at radius 2 is 2.09 bits per heavy atom. The third kappa shape index (κ3) is 3.85. The van der Waals surface area contributed by atoms with Crippen LogP contribution >= 0.6 is 0 Å². The predicted molar refractivity (Wildman–Crippen MR) is 93.3 cm³/mol. The lowest BCUT2D eigenvalue weighted by atomic mass is 9.90. The number of nitrogens with one attached hydrogen (secondary N) is 1. The molecule has 0 saturated carbocycles. The molecule has 0 spiro atoms. The van der Waals surface area contributed by atoms with E-state index in [1.165, 1.54) is 11.1 Å². The normalized spacial score (nSPS) is 17.9. The van der Waals surface area contributed by atoms with Gasteiger partial charge in [0, 0.05) is 6.04 Å². The Morgan fingerprint density at radius 1 is 1.22 bits per heavy atom. The van der Waals surface area contributed by atoms with Crippen molar-refractivity contribution >= 4 is 0 Å². The third-order valence-electron chi connectivity index (χ3n) is 4.62. The smallest absolute Gasteiger partial charge is 0.122 e. The number of fused-ring (bicyclic) bond motifs is 1. The maximum absolute atomic E-state index is 5.74. The summed E-state index contributed by atoms with van der Waals surface area (Å²) in [7, 11) is 1.71. The molecule has 0 fully saturated rings. The molecular weight excluding hydrogens is 286 g/mol. The second-order valence-corrected chi connectivity index (χ2v) is 6.11. The first-order chi connectivity index (χ1) is 11.3. The highest BCUT2D eigenvalue weighted by atomic mass is 16.5. The predicted octanol–water partition coefficient (Wildman–Crippen LogP) is 4.30. The van der Waals surface area contributed by atoms with Crippen LogP contribution in [0.25, 0.3) is 0 Å². The van der Waals surface area contributed by atoms with E-state index in [1.807, 2.05) is 18.2 Å². The van der Waals surface area contributed by atoms with Crippen molar-refractivity contribution < 1.29 is 9.47 Å². The topological polar surface area (TPSA) is 30.5 Å². The van der Waals surface area contributed by atoms with E-state index in [4.69, 9.17) is 9.47 Å². The van der Waals surface area contributed by atoms with E-state index in [-0.39, 0.29) is 0 Å². The molecule has 122 valence electrons. The number of hydrogen-bond acceptors (Lipinski definition) is 3. The Balaban J connectivity index is 1.55. The molecule has 0 aliphatic carbocycles. The van der Waals surface area contributed by atoms with Crippen molar-refractivity contribution in [1.29, 1.82) is 0 Å². The molecule has 2 aromatic carbocycles. The largest absolute Gasteiger partial charge is 0.497 e. The Kier molecular flexibility index (Phi) is 5.19. The molecule has 0 bridgehead atoms. The summed E-state index contributed by atoms with van der Waals surface area (Å²) in [6, 6.07) is 17.0. The summed E-state index contributed by atoms with van der Waals surface area (Å²) < 4.78 is 11.0. The molecule has 1 aliphatic heterocycles. The standard InChI is InChI=1S/C20H25NO2/c1-15(17-6-5-7-18(14-17)22-2)21-12-10-16-11-13-23-20-9-4-3-8-19(16)20/h3-9,14-16,21H,10-13H2,1-2H3/t15-,16?/m0/s1. The Bertz CT molecular complexity index is 641. The van der Waals surface area contributed by atoms with Crippen LogP contribution in [0.3, 0.4) is 0 Å². The van der Waals surface area contributed by atoms with Crippen LogP contribution < -0.4 is 14.8 Å². The lowest BCUT2D eigenvalue weighted by molar-refractivity contribution is 0.262. The lowest BCUT2D eigenvalue weighted by Gasteiger charge is -2.26. The van der Waals surface area contributed by atoms with E-state index < -0.39 is 0 Å². The van der Waals surface area contributed by atoms with Crippen molar-refractivity contribution in [3.8, 4) is 11.5 Å². The summed E-state index contributed by atoms with van der Waals surface area (Å²) in [6.45, 7) is 4.02. The molecule has 1 N–H and O–H groups in total. The summed E-state index contributed by atoms with van der Waals surface area (Å²) in [5.41, 5.74) is 2.62. The van der Waals surface area contributed by atoms with E-state index in [2.05, 4.69) is 42.6 Å². The minimum atomic E-state index is 0.320. The molecule has 0 radical (unpaired) electrons. The van der Waals surface area contributed by atoms with Gasteiger partial charge in [0.05, 0.1) is 13.7 Å². The average molecular weight is 311 g/mol. The fraction of sp³-hybridized carbons (Fsp3) is 0.400. The van der Waals surface area contributed by atoms with Crippen molar-refractivity contribution in [2.45, 2.75) is 31.7 Å². The van der Waals surface area contributed by atoms with Gasteiger partial charge in [-0.25, -0.2) is 0 Å². The Morgan fingerprint density at radius 3 is 2.96 bits per heavy atom. The van der Waals surface area contributed by atoms with Gasteiger partial charge < -0.3 is 14.8 Å². The Labute approximate surface area is 138 Å². The van der Waals surface area contributed by atoms with Crippen LogP contribution in [0.2, 0.25) is 0 Å². The van der Waals surface area contributed by atoms with E-state index in [0.29, 0.717) is 12.0 Å². The summed E-state index contributed by atoms with van der Waals surface area (Å²) in [5, 5.41) is 3.63. The summed E-state index contributed by atoms with van der Waals surface area (Å²) in [6.07, 6.45) is 2.24. The van der Waals surface area contributed by atoms with Crippen molar-refractivity contribution in [1.82, 2.24) is 5.32 Å². The molecule has 3 heteroatoms. The third-order valence-corrected chi connectivity index (χ3v) is 4.62. The van der Waals surface area contributed by atoms with Gasteiger partial charge >= 0.3 is 0 Å². The van der Waals surface area contributed by atoms with E-state index in [0.717, 1.165) is 37.5 Å². The van der Waals surface area contributed by atoms with Gasteiger partial charge in [-0.1, -0.05) is 30.3 Å². The second kappa shape index (κ2) is 7.51. The first-order valence-electron chi connectivity index (χ1n) is 8.37. The van der Waals surface area contributed by atoms with Gasteiger partial charge in [-0.2, -0.15) is 0 Å². The lowest BCUT2D eigenvalue weighted by Crippen LogP contribution is -2.23. The molecule has 2 atom stereocenters. The maximum Gasteiger partial charge on any atom is 0.122 e. The highest BCUT2D eigenvalue weighted by Gasteiger charge is 2.20. The summed E-state index contributed by atoms with van der Waals surface area (Å²) in [5.74, 6) is 2.56. The van der Waals surface area contributed by atoms with Crippen molar-refractivity contribution in [2.24, 2.45) is 0 Å². The van der Waals surface area contributed by atoms with Crippen LogP contribution in [-0.4, -0.2) is 20.3 Å². The highest BCUT2D eigenvalue weighted by molar-refractivity contribution is 5.37. The minimum absolute atomic E-state index is 0.320. The molecule has 1 heterocycles. The van der Waals surface area contributed by atoms with Gasteiger partial charge in [0.15, 0.2) is 0 Å². The van der Waals surface area contributed by atoms with Gasteiger partial charge in [0.25, 0.3) is 0 Å². The minimum Gasteiger partial charge on any atom is -0.497 e. The number of benzene rings is 2. The molecule has 1 unspecified atom stereocenters. The van der Waals surface area contributed by atoms with Crippen LogP contribution in [-0.2, 0) is 0 Å². The first-order valence-corrected chi connectivity index (χ1v) is 8.37. The number of methoxy groups -OCH3 is 1. The van der Waals surface area contributed by atoms with Crippen LogP contribution in [0, 0.1) is 0 Å². The SMILES string of the molecule is COc1cccc([C@H](C)NCCC2CCOc3ccccc32)c1. The van der Waals surface area contributed by atoms with Gasteiger partial charge in [0.1, 0.15) is 11.5 Å². The quantitative estimate of drug-likeness (QED) is 0.862. The van der Waals surface area contributed by atoms with Crippen molar-refractivity contribution in [3.05, 3.63) is 59.7 Å². The fourth-order valence-corrected chi connectivity index (χ4v) is 3.22. The Hall–Kier alpha value is -2.00. The van der Waals surface area contributed by atoms with Gasteiger partial charge in [-0.05, 0) is 61.6 Å². The molecule has 0 aromatic heterocycles. The molecule has 23 heavy (non-hydrogen) atoms. The molecular formula is C20H25NO2. The van der Waals surface area contributed by atoms with Gasteiger partial charge in [0.2, 0.25) is 0 Å². The average Bonchev–Trinajstić information content (AvgIpc) is 2.62. The van der Waals surface area contributed by atoms with E-state index in [9.17, 15) is 0 Å². The van der Waals surface area contributed by atoms with Crippen LogP contribution in [0.15, 0.2) is 48.5 Å². The molecule has 0 saturated heterocycles. The molecule has 0 amide bonds. The van der Waals surface area contributed by atoms with Gasteiger partial charge in [-0.15, -0.1) is 0 Å². The molecule has 1 aliphatic rings. The molecule has 3 rings (SSSR count). The number of ether oxygens (including phenoxy) is 2. The van der Waals surface area contributed by atoms with Crippen molar-refractivity contribution in [3.63, 3.8) is 0 Å². The number of hydrogen-bond donors (Lipinski definition) is 1. The zero-order valence-corrected chi connectivity index (χ0v) is 13.9. The fourth-order valence-electron chi connectivity index (χ4n) is 3.22. The first kappa shape index (κ1) is 15.9. The zero-order valence-electron chi connectivity index (χ0n) is 13.9. The van der Waals surface area contributed by atoms with E-state index in [1.54, 1.807) is 7.11 Å².